The zero-order valence-electron chi connectivity index (χ0n) is 20.5. The van der Waals surface area contributed by atoms with Crippen LogP contribution in [0.4, 0.5) is 10.6 Å². The smallest absolute Gasteiger partial charge is 0.549 e. The molecular formula is C28H23ClN3NaO4. The van der Waals surface area contributed by atoms with Crippen LogP contribution in [0.25, 0.3) is 16.8 Å². The summed E-state index contributed by atoms with van der Waals surface area (Å²) < 4.78 is 7.08. The summed E-state index contributed by atoms with van der Waals surface area (Å²) in [7, 11) is 0. The van der Waals surface area contributed by atoms with Gasteiger partial charge in [0, 0.05) is 28.3 Å². The Hall–Kier alpha value is -3.10. The SMILES string of the molecule is C[C@@H](OC(=O)Nc1ccn(-c2ccc(-c3ccc(C4(C(=O)[O-])CC4)cc3)cc2)n1)c1ccccc1Cl.[Na+]. The molecule has 0 saturated heterocycles. The molecule has 0 bridgehead atoms. The molecule has 0 spiro atoms. The Balaban J connectivity index is 0.00000320. The van der Waals surface area contributed by atoms with E-state index in [4.69, 9.17) is 16.3 Å². The van der Waals surface area contributed by atoms with Gasteiger partial charge in [-0.25, -0.2) is 9.48 Å². The molecule has 1 saturated carbocycles. The first-order chi connectivity index (χ1) is 17.4. The number of hydrogen-bond donors (Lipinski definition) is 1. The molecule has 5 rings (SSSR count). The molecule has 1 atom stereocenters. The molecule has 9 heteroatoms. The molecule has 1 aliphatic rings. The third-order valence-corrected chi connectivity index (χ3v) is 6.83. The maximum Gasteiger partial charge on any atom is 1.00 e. The molecule has 7 nitrogen and oxygen atoms in total. The number of nitrogens with one attached hydrogen (secondary N) is 1. The van der Waals surface area contributed by atoms with Crippen LogP contribution in [-0.2, 0) is 14.9 Å². The zero-order valence-corrected chi connectivity index (χ0v) is 23.2. The average Bonchev–Trinajstić information content (AvgIpc) is 3.58. The largest absolute Gasteiger partial charge is 1.00 e. The molecule has 182 valence electrons. The number of hydrogen-bond acceptors (Lipinski definition) is 5. The first-order valence-electron chi connectivity index (χ1n) is 11.6. The Morgan fingerprint density at radius 1 is 1.00 bits per heavy atom. The van der Waals surface area contributed by atoms with Crippen molar-refractivity contribution in [3.05, 3.63) is 101 Å². The van der Waals surface area contributed by atoms with E-state index in [2.05, 4.69) is 10.4 Å². The summed E-state index contributed by atoms with van der Waals surface area (Å²) in [5, 5.41) is 19.0. The second kappa shape index (κ2) is 11.1. The van der Waals surface area contributed by atoms with Crippen LogP contribution in [0.15, 0.2) is 85.1 Å². The minimum absolute atomic E-state index is 0. The Morgan fingerprint density at radius 3 is 2.22 bits per heavy atom. The molecule has 1 heterocycles. The number of anilines is 1. The van der Waals surface area contributed by atoms with Crippen LogP contribution in [0.1, 0.15) is 37.0 Å². The third-order valence-electron chi connectivity index (χ3n) is 6.49. The van der Waals surface area contributed by atoms with Crippen molar-refractivity contribution < 1.29 is 49.0 Å². The number of amides is 1. The molecule has 37 heavy (non-hydrogen) atoms. The number of carboxylic acid groups (broad SMARTS) is 1. The molecule has 1 aliphatic carbocycles. The predicted octanol–water partition coefficient (Wildman–Crippen LogP) is 2.29. The summed E-state index contributed by atoms with van der Waals surface area (Å²) >= 11 is 6.17. The van der Waals surface area contributed by atoms with Gasteiger partial charge in [-0.15, -0.1) is 5.10 Å². The van der Waals surface area contributed by atoms with Gasteiger partial charge >= 0.3 is 35.7 Å². The van der Waals surface area contributed by atoms with E-state index in [1.807, 2.05) is 66.7 Å². The number of ether oxygens (including phenoxy) is 1. The zero-order chi connectivity index (χ0) is 25.3. The van der Waals surface area contributed by atoms with Crippen LogP contribution in [0.3, 0.4) is 0 Å². The van der Waals surface area contributed by atoms with Crippen molar-refractivity contribution in [2.45, 2.75) is 31.3 Å². The van der Waals surface area contributed by atoms with E-state index in [0.717, 1.165) is 27.9 Å². The second-order valence-corrected chi connectivity index (χ2v) is 9.24. The molecular weight excluding hydrogens is 501 g/mol. The van der Waals surface area contributed by atoms with Crippen LogP contribution in [0.5, 0.6) is 0 Å². The quantitative estimate of drug-likeness (QED) is 0.375. The van der Waals surface area contributed by atoms with Crippen molar-refractivity contribution in [3.8, 4) is 16.8 Å². The van der Waals surface area contributed by atoms with E-state index in [0.29, 0.717) is 23.7 Å². The standard InChI is InChI=1S/C28H24ClN3O4.Na/c1-18(23-4-2-3-5-24(23)29)36-27(35)30-25-14-17-32(31-25)22-12-8-20(9-13-22)19-6-10-21(11-7-19)28(15-16-28)26(33)34;/h2-14,17-18H,15-16H2,1H3,(H,33,34)(H,30,31,35);/q;+1/p-1/t18-;/m1./s1. The van der Waals surface area contributed by atoms with Gasteiger partial charge in [-0.2, -0.15) is 0 Å². The van der Waals surface area contributed by atoms with Gasteiger partial charge in [0.15, 0.2) is 5.82 Å². The molecule has 1 amide bonds. The van der Waals surface area contributed by atoms with Gasteiger partial charge in [-0.3, -0.25) is 5.32 Å². The van der Waals surface area contributed by atoms with Crippen molar-refractivity contribution in [1.82, 2.24) is 9.78 Å². The monoisotopic (exact) mass is 523 g/mol. The van der Waals surface area contributed by atoms with Crippen LogP contribution >= 0.6 is 11.6 Å². The predicted molar refractivity (Wildman–Crippen MR) is 135 cm³/mol. The number of benzene rings is 3. The first kappa shape index (κ1) is 26.9. The number of nitrogens with zero attached hydrogens (tertiary/aromatic N) is 2. The number of carbonyl (C=O) groups excluding carboxylic acids is 2. The molecule has 1 fully saturated rings. The summed E-state index contributed by atoms with van der Waals surface area (Å²) in [5.41, 5.74) is 3.49. The molecule has 1 N–H and O–H groups in total. The Labute approximate surface area is 241 Å². The second-order valence-electron chi connectivity index (χ2n) is 8.83. The van der Waals surface area contributed by atoms with Crippen molar-refractivity contribution in [3.63, 3.8) is 0 Å². The molecule has 0 aliphatic heterocycles. The molecule has 0 unspecified atom stereocenters. The van der Waals surface area contributed by atoms with E-state index < -0.39 is 23.6 Å². The van der Waals surface area contributed by atoms with Gasteiger partial charge in [0.1, 0.15) is 6.10 Å². The van der Waals surface area contributed by atoms with Gasteiger partial charge in [0.05, 0.1) is 11.7 Å². The van der Waals surface area contributed by atoms with Gasteiger partial charge in [0.25, 0.3) is 0 Å². The number of aliphatic carboxylic acids is 1. The topological polar surface area (TPSA) is 96.3 Å². The Morgan fingerprint density at radius 2 is 1.62 bits per heavy atom. The fraction of sp³-hybridized carbons (Fsp3) is 0.179. The number of carboxylic acids is 1. The number of carbonyl (C=O) groups is 2. The van der Waals surface area contributed by atoms with Gasteiger partial charge in [-0.1, -0.05) is 66.2 Å². The van der Waals surface area contributed by atoms with Gasteiger partial charge in [0.2, 0.25) is 0 Å². The molecule has 4 aromatic rings. The Kier molecular flexibility index (Phi) is 8.09. The van der Waals surface area contributed by atoms with Gasteiger partial charge < -0.3 is 14.6 Å². The normalized spacial score (nSPS) is 14.2. The summed E-state index contributed by atoms with van der Waals surface area (Å²) in [6.45, 7) is 1.75. The fourth-order valence-corrected chi connectivity index (χ4v) is 4.51. The van der Waals surface area contributed by atoms with Crippen LogP contribution < -0.4 is 40.0 Å². The molecule has 0 radical (unpaired) electrons. The average molecular weight is 524 g/mol. The Bertz CT molecular complexity index is 1420. The van der Waals surface area contributed by atoms with Crippen molar-refractivity contribution in [1.29, 1.82) is 0 Å². The third kappa shape index (κ3) is 5.75. The van der Waals surface area contributed by atoms with E-state index in [9.17, 15) is 14.7 Å². The number of rotatable bonds is 7. The van der Waals surface area contributed by atoms with E-state index in [1.54, 1.807) is 29.9 Å². The molecule has 3 aromatic carbocycles. The van der Waals surface area contributed by atoms with Gasteiger partial charge in [-0.05, 0) is 54.7 Å². The number of aromatic nitrogens is 2. The summed E-state index contributed by atoms with van der Waals surface area (Å²) in [5.74, 6) is -0.649. The fourth-order valence-electron chi connectivity index (χ4n) is 4.22. The maximum atomic E-state index is 12.3. The minimum atomic E-state index is -1.00. The van der Waals surface area contributed by atoms with Crippen molar-refractivity contribution in [2.75, 3.05) is 5.32 Å². The van der Waals surface area contributed by atoms with E-state index in [-0.39, 0.29) is 29.6 Å². The first-order valence-corrected chi connectivity index (χ1v) is 11.9. The van der Waals surface area contributed by atoms with E-state index >= 15 is 0 Å². The maximum absolute atomic E-state index is 12.3. The van der Waals surface area contributed by atoms with Crippen molar-refractivity contribution >= 4 is 29.5 Å². The van der Waals surface area contributed by atoms with E-state index in [1.165, 1.54) is 0 Å². The van der Waals surface area contributed by atoms with Crippen molar-refractivity contribution in [2.24, 2.45) is 0 Å². The summed E-state index contributed by atoms with van der Waals surface area (Å²) in [6.07, 6.45) is 1.85. The minimum Gasteiger partial charge on any atom is -0.549 e. The van der Waals surface area contributed by atoms with Crippen LogP contribution in [0, 0.1) is 0 Å². The molecule has 1 aromatic heterocycles. The summed E-state index contributed by atoms with van der Waals surface area (Å²) in [4.78, 5) is 23.8. The van der Waals surface area contributed by atoms with Crippen LogP contribution in [0.2, 0.25) is 5.02 Å². The summed E-state index contributed by atoms with van der Waals surface area (Å²) in [6, 6.07) is 24.2. The number of halogens is 1. The van der Waals surface area contributed by atoms with Crippen LogP contribution in [-0.4, -0.2) is 21.8 Å².